The molecule has 0 aliphatic carbocycles. The number of aryl methyl sites for hydroxylation is 1. The lowest BCUT2D eigenvalue weighted by Gasteiger charge is -2.29. The number of hydrogen-bond donors (Lipinski definition) is 0. The van der Waals surface area contributed by atoms with Crippen molar-refractivity contribution in [3.8, 4) is 16.9 Å². The van der Waals surface area contributed by atoms with Crippen molar-refractivity contribution in [1.29, 1.82) is 0 Å². The van der Waals surface area contributed by atoms with Crippen LogP contribution in [0.1, 0.15) is 11.3 Å². The van der Waals surface area contributed by atoms with E-state index in [2.05, 4.69) is 4.90 Å². The van der Waals surface area contributed by atoms with Crippen LogP contribution < -0.4 is 10.2 Å². The van der Waals surface area contributed by atoms with Crippen molar-refractivity contribution >= 4 is 11.0 Å². The van der Waals surface area contributed by atoms with E-state index in [0.717, 1.165) is 23.4 Å². The maximum absolute atomic E-state index is 13.2. The largest absolute Gasteiger partial charge is 0.478 e. The minimum Gasteiger partial charge on any atom is -0.478 e. The molecular formula is C21H21NO4. The lowest BCUT2D eigenvalue weighted by atomic mass is 10.0. The fourth-order valence-electron chi connectivity index (χ4n) is 3.42. The Hall–Kier alpha value is -2.63. The van der Waals surface area contributed by atoms with E-state index in [1.165, 1.54) is 0 Å². The fraction of sp³-hybridized carbons (Fsp3) is 0.286. The molecule has 2 heterocycles. The summed E-state index contributed by atoms with van der Waals surface area (Å²) < 4.78 is 17.1. The minimum atomic E-state index is -0.00763. The second-order valence-corrected chi connectivity index (χ2v) is 6.47. The first-order valence-corrected chi connectivity index (χ1v) is 8.68. The Kier molecular flexibility index (Phi) is 4.49. The molecule has 26 heavy (non-hydrogen) atoms. The summed E-state index contributed by atoms with van der Waals surface area (Å²) in [5.41, 5.74) is 3.02. The van der Waals surface area contributed by atoms with Crippen molar-refractivity contribution in [1.82, 2.24) is 4.90 Å². The van der Waals surface area contributed by atoms with Gasteiger partial charge in [-0.3, -0.25) is 9.69 Å². The molecule has 0 saturated heterocycles. The molecule has 134 valence electrons. The monoisotopic (exact) mass is 351 g/mol. The van der Waals surface area contributed by atoms with Gasteiger partial charge in [-0.05, 0) is 24.6 Å². The van der Waals surface area contributed by atoms with Crippen LogP contribution in [-0.4, -0.2) is 31.9 Å². The smallest absolute Gasteiger partial charge is 0.200 e. The number of rotatable bonds is 4. The van der Waals surface area contributed by atoms with E-state index < -0.39 is 0 Å². The first kappa shape index (κ1) is 16.8. The Balaban J connectivity index is 1.85. The number of methoxy groups -OCH3 is 1. The highest BCUT2D eigenvalue weighted by atomic mass is 16.5. The first-order valence-electron chi connectivity index (χ1n) is 8.68. The van der Waals surface area contributed by atoms with Crippen LogP contribution in [-0.2, 0) is 11.3 Å². The molecule has 0 saturated carbocycles. The second kappa shape index (κ2) is 6.94. The third-order valence-electron chi connectivity index (χ3n) is 4.75. The van der Waals surface area contributed by atoms with Gasteiger partial charge in [0, 0.05) is 20.2 Å². The predicted molar refractivity (Wildman–Crippen MR) is 100 cm³/mol. The van der Waals surface area contributed by atoms with Crippen molar-refractivity contribution in [2.24, 2.45) is 0 Å². The molecular weight excluding hydrogens is 330 g/mol. The van der Waals surface area contributed by atoms with Crippen LogP contribution in [0.25, 0.3) is 22.1 Å². The minimum absolute atomic E-state index is 0.00763. The standard InChI is InChI=1S/C21H21NO4/c1-14-19(15-6-4-3-5-7-15)20(23)16-8-9-18-17(21(16)26-14)12-22(13-25-18)10-11-24-2/h3-9H,10-13H2,1-2H3. The van der Waals surface area contributed by atoms with Crippen LogP contribution in [0.5, 0.6) is 5.75 Å². The molecule has 0 bridgehead atoms. The van der Waals surface area contributed by atoms with E-state index in [1.807, 2.05) is 43.3 Å². The van der Waals surface area contributed by atoms with Crippen molar-refractivity contribution < 1.29 is 13.9 Å². The van der Waals surface area contributed by atoms with E-state index in [9.17, 15) is 4.79 Å². The van der Waals surface area contributed by atoms with Crippen molar-refractivity contribution in [3.63, 3.8) is 0 Å². The number of nitrogens with zero attached hydrogens (tertiary/aromatic N) is 1. The zero-order valence-corrected chi connectivity index (χ0v) is 15.0. The van der Waals surface area contributed by atoms with Crippen LogP contribution in [0, 0.1) is 6.92 Å². The molecule has 0 N–H and O–H groups in total. The van der Waals surface area contributed by atoms with Gasteiger partial charge >= 0.3 is 0 Å². The highest BCUT2D eigenvalue weighted by Gasteiger charge is 2.23. The highest BCUT2D eigenvalue weighted by Crippen LogP contribution is 2.33. The van der Waals surface area contributed by atoms with Gasteiger partial charge in [0.2, 0.25) is 5.43 Å². The molecule has 5 nitrogen and oxygen atoms in total. The van der Waals surface area contributed by atoms with Gasteiger partial charge in [-0.2, -0.15) is 0 Å². The molecule has 3 aromatic rings. The first-order chi connectivity index (χ1) is 12.7. The van der Waals surface area contributed by atoms with E-state index in [1.54, 1.807) is 13.2 Å². The summed E-state index contributed by atoms with van der Waals surface area (Å²) in [5.74, 6) is 1.40. The summed E-state index contributed by atoms with van der Waals surface area (Å²) in [6, 6.07) is 13.3. The van der Waals surface area contributed by atoms with Gasteiger partial charge in [-0.1, -0.05) is 30.3 Å². The van der Waals surface area contributed by atoms with Gasteiger partial charge in [0.15, 0.2) is 0 Å². The Bertz CT molecular complexity index is 994. The summed E-state index contributed by atoms with van der Waals surface area (Å²) in [6.45, 7) is 4.41. The van der Waals surface area contributed by atoms with Gasteiger partial charge in [-0.25, -0.2) is 0 Å². The molecule has 0 atom stereocenters. The Morgan fingerprint density at radius 1 is 1.15 bits per heavy atom. The average molecular weight is 351 g/mol. The quantitative estimate of drug-likeness (QED) is 0.719. The molecule has 0 fully saturated rings. The Labute approximate surface area is 151 Å². The van der Waals surface area contributed by atoms with Crippen molar-refractivity contribution in [2.75, 3.05) is 27.0 Å². The third-order valence-corrected chi connectivity index (χ3v) is 4.75. The topological polar surface area (TPSA) is 51.9 Å². The number of ether oxygens (including phenoxy) is 2. The van der Waals surface area contributed by atoms with Gasteiger partial charge in [0.1, 0.15) is 23.8 Å². The molecule has 1 aromatic heterocycles. The normalized spacial score (nSPS) is 14.2. The van der Waals surface area contributed by atoms with E-state index >= 15 is 0 Å². The number of benzene rings is 2. The molecule has 0 spiro atoms. The highest BCUT2D eigenvalue weighted by molar-refractivity contribution is 5.86. The van der Waals surface area contributed by atoms with Gasteiger partial charge in [0.25, 0.3) is 0 Å². The molecule has 2 aromatic carbocycles. The predicted octanol–water partition coefficient (Wildman–Crippen LogP) is 3.57. The van der Waals surface area contributed by atoms with Crippen LogP contribution >= 0.6 is 0 Å². The molecule has 0 unspecified atom stereocenters. The molecule has 4 rings (SSSR count). The molecule has 0 radical (unpaired) electrons. The second-order valence-electron chi connectivity index (χ2n) is 6.47. The lowest BCUT2D eigenvalue weighted by Crippen LogP contribution is -2.34. The molecule has 1 aliphatic heterocycles. The molecule has 1 aliphatic rings. The van der Waals surface area contributed by atoms with Gasteiger partial charge in [0.05, 0.1) is 23.1 Å². The summed E-state index contributed by atoms with van der Waals surface area (Å²) >= 11 is 0. The van der Waals surface area contributed by atoms with Gasteiger partial charge < -0.3 is 13.9 Å². The fourth-order valence-corrected chi connectivity index (χ4v) is 3.42. The van der Waals surface area contributed by atoms with E-state index in [0.29, 0.717) is 42.2 Å². The Morgan fingerprint density at radius 3 is 2.73 bits per heavy atom. The summed E-state index contributed by atoms with van der Waals surface area (Å²) in [6.07, 6.45) is 0. The van der Waals surface area contributed by atoms with Crippen LogP contribution in [0.4, 0.5) is 0 Å². The van der Waals surface area contributed by atoms with Crippen LogP contribution in [0.15, 0.2) is 51.7 Å². The third kappa shape index (κ3) is 2.89. The Morgan fingerprint density at radius 2 is 1.96 bits per heavy atom. The van der Waals surface area contributed by atoms with Crippen molar-refractivity contribution in [3.05, 3.63) is 64.0 Å². The number of fused-ring (bicyclic) bond motifs is 3. The number of hydrogen-bond acceptors (Lipinski definition) is 5. The van der Waals surface area contributed by atoms with Crippen molar-refractivity contribution in [2.45, 2.75) is 13.5 Å². The zero-order chi connectivity index (χ0) is 18.1. The lowest BCUT2D eigenvalue weighted by molar-refractivity contribution is 0.0658. The summed E-state index contributed by atoms with van der Waals surface area (Å²) in [5, 5.41) is 0.588. The zero-order valence-electron chi connectivity index (χ0n) is 15.0. The average Bonchev–Trinajstić information content (AvgIpc) is 2.67. The van der Waals surface area contributed by atoms with Gasteiger partial charge in [-0.15, -0.1) is 0 Å². The summed E-state index contributed by atoms with van der Waals surface area (Å²) in [7, 11) is 1.68. The molecule has 5 heteroatoms. The van der Waals surface area contributed by atoms with Crippen LogP contribution in [0.2, 0.25) is 0 Å². The van der Waals surface area contributed by atoms with Crippen LogP contribution in [0.3, 0.4) is 0 Å². The summed E-state index contributed by atoms with van der Waals surface area (Å²) in [4.78, 5) is 15.3. The maximum atomic E-state index is 13.2. The van der Waals surface area contributed by atoms with E-state index in [-0.39, 0.29) is 5.43 Å². The molecule has 0 amide bonds. The SMILES string of the molecule is COCCN1COc2ccc3c(=O)c(-c4ccccc4)c(C)oc3c2C1. The van der Waals surface area contributed by atoms with E-state index in [4.69, 9.17) is 13.9 Å². The maximum Gasteiger partial charge on any atom is 0.200 e.